The molecule has 0 aliphatic carbocycles. The number of carbonyl (C=O) groups is 1. The van der Waals surface area contributed by atoms with Gasteiger partial charge in [0.25, 0.3) is 0 Å². The van der Waals surface area contributed by atoms with Crippen molar-refractivity contribution in [3.63, 3.8) is 0 Å². The summed E-state index contributed by atoms with van der Waals surface area (Å²) in [7, 11) is -3.52. The smallest absolute Gasteiger partial charge is 0.243 e. The maximum Gasteiger partial charge on any atom is 0.243 e. The van der Waals surface area contributed by atoms with Gasteiger partial charge in [0.05, 0.1) is 30.8 Å². The molecule has 0 spiro atoms. The molecular formula is C25H30N2O6S. The van der Waals surface area contributed by atoms with Crippen LogP contribution in [0.15, 0.2) is 57.8 Å². The van der Waals surface area contributed by atoms with Crippen molar-refractivity contribution in [1.82, 2.24) is 9.62 Å². The predicted octanol–water partition coefficient (Wildman–Crippen LogP) is 3.66. The quantitative estimate of drug-likeness (QED) is 0.496. The molecule has 182 valence electrons. The molecule has 4 rings (SSSR count). The zero-order valence-corrected chi connectivity index (χ0v) is 20.3. The molecule has 1 saturated heterocycles. The van der Waals surface area contributed by atoms with Gasteiger partial charge >= 0.3 is 0 Å². The second-order valence-corrected chi connectivity index (χ2v) is 10.1. The van der Waals surface area contributed by atoms with Gasteiger partial charge in [0.1, 0.15) is 5.76 Å². The predicted molar refractivity (Wildman–Crippen MR) is 128 cm³/mol. The highest BCUT2D eigenvalue weighted by atomic mass is 32.2. The average Bonchev–Trinajstić information content (AvgIpc) is 3.29. The van der Waals surface area contributed by atoms with Crippen molar-refractivity contribution in [2.45, 2.75) is 37.6 Å². The van der Waals surface area contributed by atoms with Gasteiger partial charge in [-0.05, 0) is 50.1 Å². The summed E-state index contributed by atoms with van der Waals surface area (Å²) in [6.45, 7) is 5.88. The molecule has 0 radical (unpaired) electrons. The van der Waals surface area contributed by atoms with E-state index in [4.69, 9.17) is 13.9 Å². The zero-order chi connectivity index (χ0) is 24.1. The number of hydrogen-bond acceptors (Lipinski definition) is 6. The third-order valence-electron chi connectivity index (χ3n) is 5.80. The van der Waals surface area contributed by atoms with E-state index in [2.05, 4.69) is 5.32 Å². The fourth-order valence-corrected chi connectivity index (χ4v) is 5.35. The van der Waals surface area contributed by atoms with Gasteiger partial charge in [-0.1, -0.05) is 24.3 Å². The minimum absolute atomic E-state index is 0.108. The van der Waals surface area contributed by atoms with Gasteiger partial charge in [-0.15, -0.1) is 0 Å². The summed E-state index contributed by atoms with van der Waals surface area (Å²) in [5.74, 6) is 1.24. The Kier molecular flexibility index (Phi) is 7.55. The summed E-state index contributed by atoms with van der Waals surface area (Å²) in [6.07, 6.45) is 0.787. The van der Waals surface area contributed by atoms with Gasteiger partial charge in [0.2, 0.25) is 15.9 Å². The average molecular weight is 487 g/mol. The third kappa shape index (κ3) is 5.43. The first kappa shape index (κ1) is 24.3. The highest BCUT2D eigenvalue weighted by Gasteiger charge is 2.26. The van der Waals surface area contributed by atoms with Crippen molar-refractivity contribution in [2.24, 2.45) is 0 Å². The molecule has 34 heavy (non-hydrogen) atoms. The molecule has 8 nitrogen and oxygen atoms in total. The molecule has 0 bridgehead atoms. The molecule has 1 amide bonds. The topological polar surface area (TPSA) is 98.1 Å². The van der Waals surface area contributed by atoms with Crippen LogP contribution in [0, 0.1) is 0 Å². The highest BCUT2D eigenvalue weighted by molar-refractivity contribution is 7.89. The molecule has 3 aromatic rings. The third-order valence-corrected chi connectivity index (χ3v) is 7.72. The van der Waals surface area contributed by atoms with Crippen LogP contribution in [0.25, 0.3) is 11.0 Å². The number of amides is 1. The number of morpholine rings is 1. The molecule has 1 N–H and O–H groups in total. The van der Waals surface area contributed by atoms with E-state index in [1.807, 2.05) is 38.1 Å². The Bertz CT molecular complexity index is 1230. The van der Waals surface area contributed by atoms with Crippen LogP contribution in [0.2, 0.25) is 0 Å². The number of para-hydroxylation sites is 1. The van der Waals surface area contributed by atoms with E-state index in [9.17, 15) is 13.2 Å². The number of hydrogen-bond donors (Lipinski definition) is 1. The lowest BCUT2D eigenvalue weighted by Gasteiger charge is -2.26. The summed E-state index contributed by atoms with van der Waals surface area (Å²) in [5.41, 5.74) is 1.57. The van der Waals surface area contributed by atoms with Crippen LogP contribution in [0.4, 0.5) is 0 Å². The Morgan fingerprint density at radius 1 is 1.15 bits per heavy atom. The minimum Gasteiger partial charge on any atom is -0.490 e. The zero-order valence-electron chi connectivity index (χ0n) is 19.5. The normalized spacial score (nSPS) is 15.8. The van der Waals surface area contributed by atoms with E-state index in [0.717, 1.165) is 10.9 Å². The molecule has 1 unspecified atom stereocenters. The van der Waals surface area contributed by atoms with Gasteiger partial charge in [-0.3, -0.25) is 4.79 Å². The lowest BCUT2D eigenvalue weighted by molar-refractivity contribution is -0.121. The summed E-state index contributed by atoms with van der Waals surface area (Å²) < 4.78 is 43.7. The molecular weight excluding hydrogens is 456 g/mol. The number of ether oxygens (including phenoxy) is 2. The SMILES string of the molecule is CCOc1cccc2cc(C(C)NC(=O)CCc3ccc(S(=O)(=O)N4CCOCC4)cc3)oc12. The standard InChI is InChI=1S/C25H30N2O6S/c1-3-32-22-6-4-5-20-17-23(33-25(20)22)18(2)26-24(28)12-9-19-7-10-21(11-8-19)34(29,30)27-13-15-31-16-14-27/h4-8,10-11,17-18H,3,9,12-16H2,1-2H3,(H,26,28). The molecule has 1 fully saturated rings. The van der Waals surface area contributed by atoms with Crippen molar-refractivity contribution in [1.29, 1.82) is 0 Å². The molecule has 0 saturated carbocycles. The van der Waals surface area contributed by atoms with Gasteiger partial charge in [-0.2, -0.15) is 4.31 Å². The van der Waals surface area contributed by atoms with E-state index >= 15 is 0 Å². The second kappa shape index (κ2) is 10.6. The number of fused-ring (bicyclic) bond motifs is 1. The number of aryl methyl sites for hydroxylation is 1. The second-order valence-electron chi connectivity index (χ2n) is 8.21. The van der Waals surface area contributed by atoms with Crippen LogP contribution in [0.1, 0.15) is 37.6 Å². The number of benzene rings is 2. The maximum atomic E-state index is 12.7. The molecule has 1 aliphatic rings. The highest BCUT2D eigenvalue weighted by Crippen LogP contribution is 2.31. The van der Waals surface area contributed by atoms with E-state index in [1.54, 1.807) is 24.3 Å². The molecule has 2 heterocycles. The van der Waals surface area contributed by atoms with E-state index in [-0.39, 0.29) is 23.3 Å². The first-order chi connectivity index (χ1) is 16.4. The van der Waals surface area contributed by atoms with Crippen LogP contribution >= 0.6 is 0 Å². The fraction of sp³-hybridized carbons (Fsp3) is 0.400. The molecule has 9 heteroatoms. The summed E-state index contributed by atoms with van der Waals surface area (Å²) >= 11 is 0. The van der Waals surface area contributed by atoms with Crippen LogP contribution in [-0.4, -0.2) is 51.5 Å². The van der Waals surface area contributed by atoms with E-state index in [1.165, 1.54) is 4.31 Å². The summed E-state index contributed by atoms with van der Waals surface area (Å²) in [5, 5.41) is 3.89. The molecule has 1 atom stereocenters. The van der Waals surface area contributed by atoms with E-state index < -0.39 is 10.0 Å². The number of carbonyl (C=O) groups excluding carboxylic acids is 1. The Hall–Kier alpha value is -2.88. The number of sulfonamides is 1. The number of nitrogens with zero attached hydrogens (tertiary/aromatic N) is 1. The first-order valence-corrected chi connectivity index (χ1v) is 12.9. The lowest BCUT2D eigenvalue weighted by Crippen LogP contribution is -2.40. The van der Waals surface area contributed by atoms with Crippen LogP contribution in [0.3, 0.4) is 0 Å². The van der Waals surface area contributed by atoms with Crippen molar-refractivity contribution in [2.75, 3.05) is 32.9 Å². The largest absolute Gasteiger partial charge is 0.490 e. The number of furan rings is 1. The summed E-state index contributed by atoms with van der Waals surface area (Å²) in [6, 6.07) is 14.1. The molecule has 2 aromatic carbocycles. The van der Waals surface area contributed by atoms with Gasteiger partial charge in [-0.25, -0.2) is 8.42 Å². The minimum atomic E-state index is -3.52. The van der Waals surface area contributed by atoms with Gasteiger partial charge in [0.15, 0.2) is 11.3 Å². The van der Waals surface area contributed by atoms with Gasteiger partial charge < -0.3 is 19.2 Å². The fourth-order valence-electron chi connectivity index (χ4n) is 3.95. The van der Waals surface area contributed by atoms with Crippen molar-refractivity contribution >= 4 is 26.9 Å². The number of rotatable bonds is 9. The van der Waals surface area contributed by atoms with Crippen LogP contribution in [-0.2, 0) is 26.0 Å². The Balaban J connectivity index is 1.33. The first-order valence-electron chi connectivity index (χ1n) is 11.5. The van der Waals surface area contributed by atoms with Crippen molar-refractivity contribution in [3.8, 4) is 5.75 Å². The monoisotopic (exact) mass is 486 g/mol. The van der Waals surface area contributed by atoms with Gasteiger partial charge in [0, 0.05) is 24.9 Å². The Morgan fingerprint density at radius 2 is 1.88 bits per heavy atom. The maximum absolute atomic E-state index is 12.7. The lowest BCUT2D eigenvalue weighted by atomic mass is 10.1. The Labute approximate surface area is 199 Å². The van der Waals surface area contributed by atoms with E-state index in [0.29, 0.717) is 56.4 Å². The van der Waals surface area contributed by atoms with Crippen LogP contribution < -0.4 is 10.1 Å². The molecule has 1 aliphatic heterocycles. The number of nitrogens with one attached hydrogen (secondary N) is 1. The van der Waals surface area contributed by atoms with Crippen LogP contribution in [0.5, 0.6) is 5.75 Å². The molecule has 1 aromatic heterocycles. The van der Waals surface area contributed by atoms with Crippen molar-refractivity contribution in [3.05, 3.63) is 59.9 Å². The Morgan fingerprint density at radius 3 is 2.59 bits per heavy atom. The van der Waals surface area contributed by atoms with Crippen molar-refractivity contribution < 1.29 is 27.1 Å². The summed E-state index contributed by atoms with van der Waals surface area (Å²) in [4.78, 5) is 12.8.